The van der Waals surface area contributed by atoms with Crippen molar-refractivity contribution >= 4 is 39.4 Å². The number of nitrogens with zero attached hydrogens (tertiary/aromatic N) is 1. The fraction of sp³-hybridized carbons (Fsp3) is 0. The van der Waals surface area contributed by atoms with E-state index in [0.717, 1.165) is 27.7 Å². The summed E-state index contributed by atoms with van der Waals surface area (Å²) in [5, 5.41) is 5.65. The maximum absolute atomic E-state index is 5.59. The number of rotatable bonds is 3. The summed E-state index contributed by atoms with van der Waals surface area (Å²) < 4.78 is 0. The van der Waals surface area contributed by atoms with Gasteiger partial charge in [0, 0.05) is 40.1 Å². The number of hydrogen-bond donors (Lipinski definition) is 2. The maximum Gasteiger partial charge on any atom is 0.103 e. The van der Waals surface area contributed by atoms with E-state index in [4.69, 9.17) is 18.0 Å². The number of pyridine rings is 1. The number of benzene rings is 2. The molecule has 0 aliphatic carbocycles. The minimum atomic E-state index is 0.410. The minimum Gasteiger partial charge on any atom is -0.389 e. The molecule has 0 amide bonds. The van der Waals surface area contributed by atoms with E-state index in [1.165, 1.54) is 0 Å². The van der Waals surface area contributed by atoms with Crippen molar-refractivity contribution in [3.8, 4) is 0 Å². The highest BCUT2D eigenvalue weighted by Crippen LogP contribution is 2.25. The van der Waals surface area contributed by atoms with Gasteiger partial charge in [-0.05, 0) is 36.4 Å². The molecule has 0 saturated carbocycles. The summed E-state index contributed by atoms with van der Waals surface area (Å²) in [6.45, 7) is 0. The monoisotopic (exact) mass is 279 g/mol. The van der Waals surface area contributed by atoms with Gasteiger partial charge in [0.25, 0.3) is 0 Å². The number of aromatic nitrogens is 1. The molecule has 0 aliphatic heterocycles. The Hall–Kier alpha value is -2.46. The van der Waals surface area contributed by atoms with Crippen LogP contribution in [0.2, 0.25) is 0 Å². The molecule has 3 aromatic rings. The number of hydrogen-bond acceptors (Lipinski definition) is 3. The van der Waals surface area contributed by atoms with Gasteiger partial charge in [0.05, 0.1) is 0 Å². The Kier molecular flexibility index (Phi) is 3.31. The Morgan fingerprint density at radius 3 is 2.60 bits per heavy atom. The highest BCUT2D eigenvalue weighted by Gasteiger charge is 2.02. The van der Waals surface area contributed by atoms with Gasteiger partial charge in [0.2, 0.25) is 0 Å². The van der Waals surface area contributed by atoms with Crippen molar-refractivity contribution in [3.63, 3.8) is 0 Å². The van der Waals surface area contributed by atoms with Gasteiger partial charge in [-0.2, -0.15) is 0 Å². The summed E-state index contributed by atoms with van der Waals surface area (Å²) in [6, 6.07) is 15.9. The first-order chi connectivity index (χ1) is 9.74. The number of anilines is 2. The Morgan fingerprint density at radius 1 is 1.05 bits per heavy atom. The van der Waals surface area contributed by atoms with E-state index in [0.29, 0.717) is 4.99 Å². The lowest BCUT2D eigenvalue weighted by Gasteiger charge is -2.10. The first kappa shape index (κ1) is 12.6. The summed E-state index contributed by atoms with van der Waals surface area (Å²) in [7, 11) is 0. The van der Waals surface area contributed by atoms with Crippen LogP contribution in [0.5, 0.6) is 0 Å². The van der Waals surface area contributed by atoms with Crippen molar-refractivity contribution in [2.24, 2.45) is 5.73 Å². The molecule has 0 radical (unpaired) electrons. The largest absolute Gasteiger partial charge is 0.389 e. The molecule has 0 atom stereocenters. The Labute approximate surface area is 122 Å². The highest BCUT2D eigenvalue weighted by molar-refractivity contribution is 7.80. The summed E-state index contributed by atoms with van der Waals surface area (Å²) in [4.78, 5) is 4.55. The SMILES string of the molecule is NC(=S)c1ccc(Nc2cccc3cnccc23)cc1. The average molecular weight is 279 g/mol. The van der Waals surface area contributed by atoms with E-state index in [-0.39, 0.29) is 0 Å². The van der Waals surface area contributed by atoms with Crippen LogP contribution < -0.4 is 11.1 Å². The van der Waals surface area contributed by atoms with Gasteiger partial charge in [-0.3, -0.25) is 4.98 Å². The molecular formula is C16H13N3S. The van der Waals surface area contributed by atoms with Crippen molar-refractivity contribution < 1.29 is 0 Å². The van der Waals surface area contributed by atoms with Gasteiger partial charge in [-0.1, -0.05) is 24.4 Å². The highest BCUT2D eigenvalue weighted by atomic mass is 32.1. The number of nitrogens with one attached hydrogen (secondary N) is 1. The second-order valence-electron chi connectivity index (χ2n) is 4.47. The van der Waals surface area contributed by atoms with Crippen LogP contribution >= 0.6 is 12.2 Å². The van der Waals surface area contributed by atoms with Gasteiger partial charge in [-0.25, -0.2) is 0 Å². The fourth-order valence-electron chi connectivity index (χ4n) is 2.10. The number of nitrogens with two attached hydrogens (primary N) is 1. The van der Waals surface area contributed by atoms with E-state index in [1.54, 1.807) is 6.20 Å². The normalized spacial score (nSPS) is 10.4. The fourth-order valence-corrected chi connectivity index (χ4v) is 2.24. The third-order valence-corrected chi connectivity index (χ3v) is 3.36. The lowest BCUT2D eigenvalue weighted by atomic mass is 10.1. The smallest absolute Gasteiger partial charge is 0.103 e. The standard InChI is InChI=1S/C16H13N3S/c17-16(20)11-4-6-13(7-5-11)19-15-3-1-2-12-10-18-9-8-14(12)15/h1-10,19H,(H2,17,20). The van der Waals surface area contributed by atoms with E-state index >= 15 is 0 Å². The van der Waals surface area contributed by atoms with Gasteiger partial charge in [0.1, 0.15) is 4.99 Å². The predicted molar refractivity (Wildman–Crippen MR) is 87.4 cm³/mol. The molecule has 3 nitrogen and oxygen atoms in total. The summed E-state index contributed by atoms with van der Waals surface area (Å²) in [6.07, 6.45) is 3.65. The molecule has 0 aliphatic rings. The Bertz CT molecular complexity index is 761. The predicted octanol–water partition coefficient (Wildman–Crippen LogP) is 3.61. The van der Waals surface area contributed by atoms with Crippen LogP contribution in [0.25, 0.3) is 10.8 Å². The first-order valence-electron chi connectivity index (χ1n) is 6.24. The number of fused-ring (bicyclic) bond motifs is 1. The zero-order valence-corrected chi connectivity index (χ0v) is 11.5. The van der Waals surface area contributed by atoms with Crippen molar-refractivity contribution in [1.82, 2.24) is 4.98 Å². The van der Waals surface area contributed by atoms with Gasteiger partial charge in [0.15, 0.2) is 0 Å². The summed E-state index contributed by atoms with van der Waals surface area (Å²) in [5.41, 5.74) is 8.51. The van der Waals surface area contributed by atoms with Crippen molar-refractivity contribution in [2.45, 2.75) is 0 Å². The van der Waals surface area contributed by atoms with Gasteiger partial charge < -0.3 is 11.1 Å². The Morgan fingerprint density at radius 2 is 1.85 bits per heavy atom. The van der Waals surface area contributed by atoms with Crippen molar-refractivity contribution in [1.29, 1.82) is 0 Å². The van der Waals surface area contributed by atoms with Crippen LogP contribution in [0.4, 0.5) is 11.4 Å². The summed E-state index contributed by atoms with van der Waals surface area (Å²) in [5.74, 6) is 0. The zero-order valence-electron chi connectivity index (χ0n) is 10.7. The molecule has 3 rings (SSSR count). The molecule has 3 N–H and O–H groups in total. The van der Waals surface area contributed by atoms with Crippen molar-refractivity contribution in [3.05, 3.63) is 66.5 Å². The van der Waals surface area contributed by atoms with Crippen LogP contribution in [0, 0.1) is 0 Å². The van der Waals surface area contributed by atoms with E-state index in [9.17, 15) is 0 Å². The minimum absolute atomic E-state index is 0.410. The number of thiocarbonyl (C=S) groups is 1. The van der Waals surface area contributed by atoms with Gasteiger partial charge in [-0.15, -0.1) is 0 Å². The zero-order chi connectivity index (χ0) is 13.9. The first-order valence-corrected chi connectivity index (χ1v) is 6.64. The van der Waals surface area contributed by atoms with Crippen LogP contribution in [0.15, 0.2) is 60.9 Å². The molecule has 20 heavy (non-hydrogen) atoms. The van der Waals surface area contributed by atoms with Crippen LogP contribution in [-0.2, 0) is 0 Å². The molecule has 0 spiro atoms. The van der Waals surface area contributed by atoms with Crippen molar-refractivity contribution in [2.75, 3.05) is 5.32 Å². The van der Waals surface area contributed by atoms with Crippen LogP contribution in [0.1, 0.15) is 5.56 Å². The molecule has 4 heteroatoms. The molecule has 0 saturated heterocycles. The molecular weight excluding hydrogens is 266 g/mol. The molecule has 0 bridgehead atoms. The van der Waals surface area contributed by atoms with E-state index in [2.05, 4.69) is 10.3 Å². The van der Waals surface area contributed by atoms with Gasteiger partial charge >= 0.3 is 0 Å². The molecule has 1 aromatic heterocycles. The van der Waals surface area contributed by atoms with E-state index < -0.39 is 0 Å². The molecule has 0 fully saturated rings. The molecule has 1 heterocycles. The second-order valence-corrected chi connectivity index (χ2v) is 4.91. The lowest BCUT2D eigenvalue weighted by molar-refractivity contribution is 1.36. The quantitative estimate of drug-likeness (QED) is 0.719. The Balaban J connectivity index is 1.95. The average Bonchev–Trinajstić information content (AvgIpc) is 2.48. The molecule has 98 valence electrons. The van der Waals surface area contributed by atoms with Crippen LogP contribution in [-0.4, -0.2) is 9.97 Å². The third-order valence-electron chi connectivity index (χ3n) is 3.13. The molecule has 0 unspecified atom stereocenters. The molecule has 2 aromatic carbocycles. The van der Waals surface area contributed by atoms with Crippen LogP contribution in [0.3, 0.4) is 0 Å². The third kappa shape index (κ3) is 2.46. The second kappa shape index (κ2) is 5.27. The summed E-state index contributed by atoms with van der Waals surface area (Å²) >= 11 is 4.95. The maximum atomic E-state index is 5.59. The topological polar surface area (TPSA) is 50.9 Å². The van der Waals surface area contributed by atoms with E-state index in [1.807, 2.05) is 54.7 Å². The lowest BCUT2D eigenvalue weighted by Crippen LogP contribution is -2.08.